The van der Waals surface area contributed by atoms with Crippen molar-refractivity contribution in [3.8, 4) is 0 Å². The highest BCUT2D eigenvalue weighted by molar-refractivity contribution is 6.01. The molecule has 4 rings (SSSR count). The van der Waals surface area contributed by atoms with E-state index < -0.39 is 35.9 Å². The van der Waals surface area contributed by atoms with Crippen LogP contribution >= 0.6 is 0 Å². The quantitative estimate of drug-likeness (QED) is 0.406. The fourth-order valence-corrected chi connectivity index (χ4v) is 4.33. The molecule has 1 aliphatic rings. The van der Waals surface area contributed by atoms with Crippen LogP contribution in [0, 0.1) is 5.41 Å². The summed E-state index contributed by atoms with van der Waals surface area (Å²) in [6, 6.07) is 26.9. The standard InChI is InChI=1S/C27H27NO5/c1-31-25(29)27(26(30)32-2)18-23(21-14-8-4-9-15-21)33-28(19-20-12-6-3-7-13-20)24(27)22-16-10-5-11-17-22/h3-17,23-24H,18-19H2,1-2H3/t23-,24-/m1/s1/i18D/t18-,23-,24-. The van der Waals surface area contributed by atoms with E-state index in [1.54, 1.807) is 5.06 Å². The Labute approximate surface area is 195 Å². The second-order valence-electron chi connectivity index (χ2n) is 7.83. The molecule has 6 nitrogen and oxygen atoms in total. The molecule has 1 fully saturated rings. The molecule has 0 radical (unpaired) electrons. The summed E-state index contributed by atoms with van der Waals surface area (Å²) in [6.45, 7) is 0.270. The van der Waals surface area contributed by atoms with E-state index in [9.17, 15) is 11.0 Å². The molecule has 0 amide bonds. The Morgan fingerprint density at radius 1 is 0.879 bits per heavy atom. The third kappa shape index (κ3) is 4.40. The third-order valence-corrected chi connectivity index (χ3v) is 5.85. The smallest absolute Gasteiger partial charge is 0.325 e. The van der Waals surface area contributed by atoms with Gasteiger partial charge in [0.15, 0.2) is 5.41 Å². The number of methoxy groups -OCH3 is 2. The highest BCUT2D eigenvalue weighted by Crippen LogP contribution is 2.52. The number of ether oxygens (including phenoxy) is 2. The van der Waals surface area contributed by atoms with Crippen molar-refractivity contribution in [2.24, 2.45) is 5.41 Å². The Morgan fingerprint density at radius 3 is 1.88 bits per heavy atom. The summed E-state index contributed by atoms with van der Waals surface area (Å²) in [4.78, 5) is 33.5. The van der Waals surface area contributed by atoms with E-state index in [0.29, 0.717) is 11.1 Å². The number of hydrogen-bond acceptors (Lipinski definition) is 6. The van der Waals surface area contributed by atoms with Gasteiger partial charge in [0.2, 0.25) is 0 Å². The number of hydrogen-bond donors (Lipinski definition) is 0. The number of carbonyl (C=O) groups excluding carboxylic acids is 2. The number of carbonyl (C=O) groups is 2. The van der Waals surface area contributed by atoms with Crippen LogP contribution in [0.1, 0.15) is 36.6 Å². The van der Waals surface area contributed by atoms with Crippen molar-refractivity contribution in [2.45, 2.75) is 25.1 Å². The van der Waals surface area contributed by atoms with Crippen LogP contribution in [0.15, 0.2) is 91.0 Å². The minimum atomic E-state index is -2.00. The molecule has 1 aliphatic heterocycles. The lowest BCUT2D eigenvalue weighted by atomic mass is 9.70. The van der Waals surface area contributed by atoms with Crippen LogP contribution in [0.2, 0.25) is 0 Å². The van der Waals surface area contributed by atoms with Crippen molar-refractivity contribution in [1.29, 1.82) is 0 Å². The molecule has 3 aromatic rings. The molecule has 33 heavy (non-hydrogen) atoms. The molecule has 3 atom stereocenters. The van der Waals surface area contributed by atoms with Gasteiger partial charge in [-0.25, -0.2) is 0 Å². The predicted octanol–water partition coefficient (Wildman–Crippen LogP) is 4.64. The van der Waals surface area contributed by atoms with Crippen molar-refractivity contribution in [3.05, 3.63) is 108 Å². The van der Waals surface area contributed by atoms with E-state index in [1.165, 1.54) is 14.2 Å². The molecule has 0 aliphatic carbocycles. The Kier molecular flexibility index (Phi) is 6.46. The first-order chi connectivity index (χ1) is 16.5. The maximum Gasteiger partial charge on any atom is 0.325 e. The first kappa shape index (κ1) is 21.4. The highest BCUT2D eigenvalue weighted by atomic mass is 16.7. The number of hydroxylamine groups is 2. The molecule has 3 aromatic carbocycles. The molecule has 170 valence electrons. The largest absolute Gasteiger partial charge is 0.468 e. The molecule has 0 spiro atoms. The zero-order valence-corrected chi connectivity index (χ0v) is 18.6. The SMILES string of the molecule is [2H][C@@H]1[C@H](c2ccccc2)ON(Cc2ccccc2)[C@H](c2ccccc2)C1(C(=O)OC)C(=O)OC. The summed E-state index contributed by atoms with van der Waals surface area (Å²) in [5, 5.41) is 1.61. The molecule has 0 N–H and O–H groups in total. The third-order valence-electron chi connectivity index (χ3n) is 5.85. The van der Waals surface area contributed by atoms with Gasteiger partial charge in [0.05, 0.1) is 20.3 Å². The van der Waals surface area contributed by atoms with Crippen molar-refractivity contribution in [2.75, 3.05) is 14.2 Å². The lowest BCUT2D eigenvalue weighted by Gasteiger charge is -2.48. The number of esters is 2. The summed E-state index contributed by atoms with van der Waals surface area (Å²) in [5.74, 6) is -1.68. The number of benzene rings is 3. The predicted molar refractivity (Wildman–Crippen MR) is 123 cm³/mol. The average Bonchev–Trinajstić information content (AvgIpc) is 2.90. The van der Waals surface area contributed by atoms with Crippen molar-refractivity contribution >= 4 is 11.9 Å². The zero-order valence-electron chi connectivity index (χ0n) is 19.6. The number of nitrogens with zero attached hydrogens (tertiary/aromatic N) is 1. The summed E-state index contributed by atoms with van der Waals surface area (Å²) >= 11 is 0. The van der Waals surface area contributed by atoms with E-state index in [2.05, 4.69) is 0 Å². The Hall–Kier alpha value is -3.48. The van der Waals surface area contributed by atoms with Gasteiger partial charge in [-0.3, -0.25) is 14.4 Å². The normalized spacial score (nSPS) is 22.7. The maximum atomic E-state index is 13.5. The fraction of sp³-hybridized carbons (Fsp3) is 0.259. The van der Waals surface area contributed by atoms with Gasteiger partial charge < -0.3 is 9.47 Å². The van der Waals surface area contributed by atoms with Gasteiger partial charge in [-0.05, 0) is 16.7 Å². The summed E-state index contributed by atoms with van der Waals surface area (Å²) in [6.07, 6.45) is -2.25. The molecular formula is C27H27NO5. The summed E-state index contributed by atoms with van der Waals surface area (Å²) < 4.78 is 19.6. The molecule has 6 heteroatoms. The van der Waals surface area contributed by atoms with Crippen LogP contribution in [-0.2, 0) is 30.4 Å². The molecule has 1 heterocycles. The molecule has 0 aromatic heterocycles. The van der Waals surface area contributed by atoms with Crippen LogP contribution < -0.4 is 0 Å². The van der Waals surface area contributed by atoms with E-state index in [0.717, 1.165) is 5.56 Å². The average molecular weight is 447 g/mol. The molecule has 0 unspecified atom stereocenters. The van der Waals surface area contributed by atoms with Gasteiger partial charge in [0, 0.05) is 14.3 Å². The Bertz CT molecular complexity index is 1090. The Morgan fingerprint density at radius 2 is 1.36 bits per heavy atom. The molecule has 1 saturated heterocycles. The van der Waals surface area contributed by atoms with Crippen molar-refractivity contribution < 1.29 is 25.3 Å². The van der Waals surface area contributed by atoms with Crippen molar-refractivity contribution in [1.82, 2.24) is 5.06 Å². The van der Waals surface area contributed by atoms with Gasteiger partial charge in [0.1, 0.15) is 6.10 Å². The zero-order chi connectivity index (χ0) is 24.1. The maximum absolute atomic E-state index is 13.5. The Balaban J connectivity index is 1.95. The highest BCUT2D eigenvalue weighted by Gasteiger charge is 2.61. The second kappa shape index (κ2) is 9.98. The van der Waals surface area contributed by atoms with E-state index in [1.807, 2.05) is 91.0 Å². The van der Waals surface area contributed by atoms with Crippen LogP contribution in [-0.4, -0.2) is 31.2 Å². The van der Waals surface area contributed by atoms with Crippen LogP contribution in [0.25, 0.3) is 0 Å². The van der Waals surface area contributed by atoms with Gasteiger partial charge in [-0.1, -0.05) is 91.0 Å². The first-order valence-corrected chi connectivity index (χ1v) is 10.7. The topological polar surface area (TPSA) is 65.1 Å². The van der Waals surface area contributed by atoms with E-state index in [4.69, 9.17) is 14.3 Å². The fourth-order valence-electron chi connectivity index (χ4n) is 4.33. The molecule has 0 bridgehead atoms. The van der Waals surface area contributed by atoms with Crippen molar-refractivity contribution in [3.63, 3.8) is 0 Å². The van der Waals surface area contributed by atoms with Crippen LogP contribution in [0.3, 0.4) is 0 Å². The van der Waals surface area contributed by atoms with E-state index >= 15 is 0 Å². The minimum absolute atomic E-state index is 0.270. The van der Waals surface area contributed by atoms with Gasteiger partial charge in [-0.15, -0.1) is 0 Å². The minimum Gasteiger partial charge on any atom is -0.468 e. The number of rotatable bonds is 6. The lowest BCUT2D eigenvalue weighted by Crippen LogP contribution is -2.56. The monoisotopic (exact) mass is 446 g/mol. The molecule has 0 saturated carbocycles. The molecular weight excluding hydrogens is 418 g/mol. The van der Waals surface area contributed by atoms with Gasteiger partial charge in [-0.2, -0.15) is 5.06 Å². The lowest BCUT2D eigenvalue weighted by molar-refractivity contribution is -0.294. The summed E-state index contributed by atoms with van der Waals surface area (Å²) in [5.41, 5.74) is 0.225. The van der Waals surface area contributed by atoms with Crippen LogP contribution in [0.4, 0.5) is 0 Å². The van der Waals surface area contributed by atoms with Gasteiger partial charge >= 0.3 is 11.9 Å². The first-order valence-electron chi connectivity index (χ1n) is 11.3. The van der Waals surface area contributed by atoms with Gasteiger partial charge in [0.25, 0.3) is 0 Å². The second-order valence-corrected chi connectivity index (χ2v) is 7.83. The van der Waals surface area contributed by atoms with Crippen LogP contribution in [0.5, 0.6) is 0 Å². The van der Waals surface area contributed by atoms with E-state index in [-0.39, 0.29) is 6.54 Å². The summed E-state index contributed by atoms with van der Waals surface area (Å²) in [7, 11) is 2.44.